The Morgan fingerprint density at radius 3 is 2.34 bits per heavy atom. The second kappa shape index (κ2) is 10.4. The summed E-state index contributed by atoms with van der Waals surface area (Å²) in [6.45, 7) is 1.84. The average Bonchev–Trinajstić information content (AvgIpc) is 3.67. The van der Waals surface area contributed by atoms with Crippen LogP contribution >= 0.6 is 0 Å². The minimum Gasteiger partial charge on any atom is -0.348 e. The highest BCUT2D eigenvalue weighted by atomic mass is 32.2. The van der Waals surface area contributed by atoms with Crippen molar-refractivity contribution in [1.29, 1.82) is 0 Å². The van der Waals surface area contributed by atoms with Gasteiger partial charge in [0.2, 0.25) is 0 Å². The topological polar surface area (TPSA) is 81.1 Å². The predicted octanol–water partition coefficient (Wildman–Crippen LogP) is 6.01. The summed E-state index contributed by atoms with van der Waals surface area (Å²) in [5.74, 6) is -1.21. The Morgan fingerprint density at radius 2 is 1.74 bits per heavy atom. The normalized spacial score (nSPS) is 20.5. The Labute approximate surface area is 220 Å². The highest BCUT2D eigenvalue weighted by molar-refractivity contribution is 7.91. The van der Waals surface area contributed by atoms with Gasteiger partial charge in [-0.15, -0.1) is 0 Å². The third-order valence-electron chi connectivity index (χ3n) is 7.85. The quantitative estimate of drug-likeness (QED) is 0.375. The summed E-state index contributed by atoms with van der Waals surface area (Å²) in [5.41, 5.74) is 3.11. The molecular weight excluding hydrogens is 515 g/mol. The number of benzene rings is 1. The zero-order valence-electron chi connectivity index (χ0n) is 21.3. The number of carbonyl (C=O) groups is 1. The highest BCUT2D eigenvalue weighted by Gasteiger charge is 2.41. The monoisotopic (exact) mass is 547 g/mol. The van der Waals surface area contributed by atoms with Crippen molar-refractivity contribution in [3.05, 3.63) is 59.4 Å². The van der Waals surface area contributed by atoms with E-state index in [1.54, 1.807) is 37.4 Å². The van der Waals surface area contributed by atoms with Gasteiger partial charge < -0.3 is 9.88 Å². The van der Waals surface area contributed by atoms with Crippen LogP contribution in [0.1, 0.15) is 73.1 Å². The van der Waals surface area contributed by atoms with Gasteiger partial charge in [0.05, 0.1) is 22.1 Å². The van der Waals surface area contributed by atoms with Crippen molar-refractivity contribution in [3.63, 3.8) is 0 Å². The molecule has 2 fully saturated rings. The van der Waals surface area contributed by atoms with Crippen LogP contribution in [0.4, 0.5) is 13.2 Å². The third kappa shape index (κ3) is 5.75. The van der Waals surface area contributed by atoms with Crippen LogP contribution in [-0.4, -0.2) is 35.8 Å². The molecule has 1 amide bonds. The Morgan fingerprint density at radius 1 is 1.05 bits per heavy atom. The number of hydrogen-bond acceptors (Lipinski definition) is 4. The molecule has 38 heavy (non-hydrogen) atoms. The summed E-state index contributed by atoms with van der Waals surface area (Å²) in [4.78, 5) is 17.7. The van der Waals surface area contributed by atoms with E-state index < -0.39 is 21.9 Å². The second-order valence-electron chi connectivity index (χ2n) is 10.6. The van der Waals surface area contributed by atoms with E-state index in [4.69, 9.17) is 0 Å². The number of amides is 1. The predicted molar refractivity (Wildman–Crippen MR) is 139 cm³/mol. The van der Waals surface area contributed by atoms with Crippen molar-refractivity contribution in [2.75, 3.05) is 5.75 Å². The number of nitrogens with zero attached hydrogens (tertiary/aromatic N) is 2. The van der Waals surface area contributed by atoms with Gasteiger partial charge in [-0.2, -0.15) is 13.2 Å². The Hall–Kier alpha value is -2.88. The van der Waals surface area contributed by atoms with Gasteiger partial charge in [-0.05, 0) is 80.7 Å². The van der Waals surface area contributed by atoms with Crippen molar-refractivity contribution in [2.45, 2.75) is 75.5 Å². The summed E-state index contributed by atoms with van der Waals surface area (Å²) in [5, 5.41) is 3.72. The van der Waals surface area contributed by atoms with E-state index in [1.165, 1.54) is 0 Å². The number of alkyl halides is 3. The van der Waals surface area contributed by atoms with Crippen LogP contribution in [0.3, 0.4) is 0 Å². The van der Waals surface area contributed by atoms with Crippen molar-refractivity contribution in [3.8, 4) is 0 Å². The molecule has 6 nitrogen and oxygen atoms in total. The maximum atomic E-state index is 13.1. The fraction of sp³-hybridized carbons (Fsp3) is 0.500. The van der Waals surface area contributed by atoms with Crippen LogP contribution in [0.5, 0.6) is 0 Å². The van der Waals surface area contributed by atoms with Crippen LogP contribution in [0, 0.1) is 11.8 Å². The van der Waals surface area contributed by atoms with Gasteiger partial charge >= 0.3 is 6.18 Å². The highest BCUT2D eigenvalue weighted by Crippen LogP contribution is 2.43. The van der Waals surface area contributed by atoms with Crippen molar-refractivity contribution in [1.82, 2.24) is 14.9 Å². The van der Waals surface area contributed by atoms with Crippen LogP contribution in [0.2, 0.25) is 0 Å². The molecule has 2 heterocycles. The molecule has 0 saturated heterocycles. The van der Waals surface area contributed by atoms with Crippen LogP contribution in [0.15, 0.2) is 47.5 Å². The summed E-state index contributed by atoms with van der Waals surface area (Å²) in [6.07, 6.45) is 1.82. The van der Waals surface area contributed by atoms with Gasteiger partial charge in [-0.3, -0.25) is 4.79 Å². The lowest BCUT2D eigenvalue weighted by molar-refractivity contribution is -0.183. The van der Waals surface area contributed by atoms with E-state index in [1.807, 2.05) is 12.1 Å². The molecule has 0 bridgehead atoms. The lowest BCUT2D eigenvalue weighted by Gasteiger charge is -2.30. The smallest absolute Gasteiger partial charge is 0.348 e. The summed E-state index contributed by atoms with van der Waals surface area (Å²) >= 11 is 0. The SMILES string of the molecule is CCS(=O)(=O)c1ccc(CNC(=O)c2cnc3c(c2)cc(C[C@H]2CC[C@H](C(F)(F)F)CC2)n3C2CC2)cc1. The molecule has 10 heteroatoms. The first kappa shape index (κ1) is 26.7. The van der Waals surface area contributed by atoms with Crippen molar-refractivity contribution >= 4 is 26.8 Å². The largest absolute Gasteiger partial charge is 0.391 e. The lowest BCUT2D eigenvalue weighted by atomic mass is 9.79. The molecule has 3 aromatic rings. The summed E-state index contributed by atoms with van der Waals surface area (Å²) in [7, 11) is -3.27. The van der Waals surface area contributed by atoms with Crippen LogP contribution in [-0.2, 0) is 22.8 Å². The minimum absolute atomic E-state index is 0.0297. The van der Waals surface area contributed by atoms with Gasteiger partial charge in [0.15, 0.2) is 9.84 Å². The lowest BCUT2D eigenvalue weighted by Crippen LogP contribution is -2.28. The molecule has 0 spiro atoms. The standard InChI is InChI=1S/C28H32F3N3O3S/c1-2-38(36,37)25-11-5-19(6-12-25)16-33-27(35)21-14-20-15-24(34(23-9-10-23)26(20)32-17-21)13-18-3-7-22(8-4-18)28(29,30)31/h5-6,11-12,14-15,17-18,22-23H,2-4,7-10,13,16H2,1H3,(H,33,35)/t18-,22-. The number of sulfone groups is 1. The molecule has 2 aromatic heterocycles. The van der Waals surface area contributed by atoms with Gasteiger partial charge in [-0.1, -0.05) is 19.1 Å². The van der Waals surface area contributed by atoms with Crippen molar-refractivity contribution in [2.24, 2.45) is 11.8 Å². The Bertz CT molecular complexity index is 1420. The fourth-order valence-corrected chi connectivity index (χ4v) is 6.33. The van der Waals surface area contributed by atoms with E-state index in [2.05, 4.69) is 14.9 Å². The minimum atomic E-state index is -4.10. The Kier molecular flexibility index (Phi) is 7.28. The first-order chi connectivity index (χ1) is 18.0. The molecule has 2 aliphatic carbocycles. The molecule has 2 aliphatic rings. The molecule has 0 atom stereocenters. The van der Waals surface area contributed by atoms with Crippen LogP contribution < -0.4 is 5.32 Å². The molecule has 2 saturated carbocycles. The van der Waals surface area contributed by atoms with Crippen molar-refractivity contribution < 1.29 is 26.4 Å². The number of halogens is 3. The number of carbonyl (C=O) groups excluding carboxylic acids is 1. The molecule has 1 aromatic carbocycles. The van der Waals surface area contributed by atoms with Crippen LogP contribution in [0.25, 0.3) is 11.0 Å². The molecule has 5 rings (SSSR count). The van der Waals surface area contributed by atoms with Gasteiger partial charge in [-0.25, -0.2) is 13.4 Å². The Balaban J connectivity index is 1.27. The number of aromatic nitrogens is 2. The first-order valence-corrected chi connectivity index (χ1v) is 14.9. The van der Waals surface area contributed by atoms with E-state index in [0.717, 1.165) is 41.6 Å². The van der Waals surface area contributed by atoms with E-state index in [-0.39, 0.29) is 41.9 Å². The number of hydrogen-bond donors (Lipinski definition) is 1. The average molecular weight is 548 g/mol. The summed E-state index contributed by atoms with van der Waals surface area (Å²) in [6, 6.07) is 10.7. The number of rotatable bonds is 8. The fourth-order valence-electron chi connectivity index (χ4n) is 5.44. The molecule has 0 radical (unpaired) electrons. The van der Waals surface area contributed by atoms with Gasteiger partial charge in [0.1, 0.15) is 5.65 Å². The third-order valence-corrected chi connectivity index (χ3v) is 9.60. The molecule has 204 valence electrons. The van der Waals surface area contributed by atoms with E-state index in [0.29, 0.717) is 24.4 Å². The maximum Gasteiger partial charge on any atom is 0.391 e. The number of pyridine rings is 1. The van der Waals surface area contributed by atoms with E-state index >= 15 is 0 Å². The maximum absolute atomic E-state index is 13.1. The zero-order chi connectivity index (χ0) is 27.1. The second-order valence-corrected chi connectivity index (χ2v) is 12.8. The summed E-state index contributed by atoms with van der Waals surface area (Å²) < 4.78 is 65.4. The number of fused-ring (bicyclic) bond motifs is 1. The van der Waals surface area contributed by atoms with Gasteiger partial charge in [0.25, 0.3) is 5.91 Å². The molecule has 0 aliphatic heterocycles. The first-order valence-electron chi connectivity index (χ1n) is 13.2. The van der Waals surface area contributed by atoms with Gasteiger partial charge in [0, 0.05) is 29.9 Å². The number of nitrogens with one attached hydrogen (secondary N) is 1. The molecule has 0 unspecified atom stereocenters. The molecular formula is C28H32F3N3O3S. The zero-order valence-corrected chi connectivity index (χ0v) is 22.1. The molecule has 1 N–H and O–H groups in total. The van der Waals surface area contributed by atoms with E-state index in [9.17, 15) is 26.4 Å².